The topological polar surface area (TPSA) is 72.7 Å². The largest absolute Gasteiger partial charge is 0.418 e. The quantitative estimate of drug-likeness (QED) is 0.620. The predicted octanol–water partition coefficient (Wildman–Crippen LogP) is 3.92. The van der Waals surface area contributed by atoms with Gasteiger partial charge in [0, 0.05) is 4.88 Å². The number of nitrogens with one attached hydrogen (secondary N) is 1. The minimum atomic E-state index is -4.55. The van der Waals surface area contributed by atoms with Gasteiger partial charge in [-0.3, -0.25) is 4.79 Å². The SMILES string of the molecule is CC(Sc1nnnn1Cc1cccs1)C(=O)Nc1ccccc1C(F)(F)F. The number of thioether (sulfide) groups is 1. The first kappa shape index (κ1) is 19.4. The molecule has 0 spiro atoms. The van der Waals surface area contributed by atoms with Crippen molar-refractivity contribution >= 4 is 34.7 Å². The van der Waals surface area contributed by atoms with Crippen molar-refractivity contribution in [3.8, 4) is 0 Å². The summed E-state index contributed by atoms with van der Waals surface area (Å²) >= 11 is 2.63. The highest BCUT2D eigenvalue weighted by atomic mass is 32.2. The normalized spacial score (nSPS) is 12.7. The number of amides is 1. The monoisotopic (exact) mass is 413 g/mol. The molecule has 27 heavy (non-hydrogen) atoms. The van der Waals surface area contributed by atoms with Crippen molar-refractivity contribution in [2.24, 2.45) is 0 Å². The number of aromatic nitrogens is 4. The molecule has 1 amide bonds. The van der Waals surface area contributed by atoms with Crippen LogP contribution in [0.15, 0.2) is 46.9 Å². The summed E-state index contributed by atoms with van der Waals surface area (Å²) < 4.78 is 40.7. The molecule has 0 saturated carbocycles. The van der Waals surface area contributed by atoms with E-state index in [0.29, 0.717) is 11.7 Å². The molecule has 1 N–H and O–H groups in total. The number of thiophene rings is 1. The summed E-state index contributed by atoms with van der Waals surface area (Å²) in [6, 6.07) is 8.70. The standard InChI is InChI=1S/C16H14F3N5OS2/c1-10(14(25)20-13-7-3-2-6-12(13)16(17,18)19)27-15-21-22-23-24(15)9-11-5-4-8-26-11/h2-8,10H,9H2,1H3,(H,20,25). The number of rotatable bonds is 6. The van der Waals surface area contributed by atoms with Crippen molar-refractivity contribution in [3.63, 3.8) is 0 Å². The van der Waals surface area contributed by atoms with E-state index in [1.54, 1.807) is 22.9 Å². The molecule has 2 aromatic heterocycles. The molecule has 0 saturated heterocycles. The molecular formula is C16H14F3N5OS2. The van der Waals surface area contributed by atoms with E-state index in [1.807, 2.05) is 17.5 Å². The molecule has 0 radical (unpaired) electrons. The van der Waals surface area contributed by atoms with Crippen molar-refractivity contribution in [2.75, 3.05) is 5.32 Å². The molecule has 2 heterocycles. The average molecular weight is 413 g/mol. The molecule has 1 aromatic carbocycles. The summed E-state index contributed by atoms with van der Waals surface area (Å²) in [4.78, 5) is 13.4. The lowest BCUT2D eigenvalue weighted by Gasteiger charge is -2.15. The van der Waals surface area contributed by atoms with Gasteiger partial charge >= 0.3 is 6.18 Å². The molecule has 0 aliphatic carbocycles. The molecule has 6 nitrogen and oxygen atoms in total. The highest BCUT2D eigenvalue weighted by molar-refractivity contribution is 8.00. The van der Waals surface area contributed by atoms with Gasteiger partial charge in [-0.15, -0.1) is 16.4 Å². The highest BCUT2D eigenvalue weighted by Gasteiger charge is 2.34. The predicted molar refractivity (Wildman–Crippen MR) is 96.6 cm³/mol. The molecular weight excluding hydrogens is 399 g/mol. The molecule has 142 valence electrons. The number of benzene rings is 1. The fraction of sp³-hybridized carbons (Fsp3) is 0.250. The van der Waals surface area contributed by atoms with Crippen LogP contribution in [0.3, 0.4) is 0 Å². The van der Waals surface area contributed by atoms with Crippen LogP contribution in [-0.2, 0) is 17.5 Å². The number of halogens is 3. The third kappa shape index (κ3) is 4.86. The van der Waals surface area contributed by atoms with E-state index in [9.17, 15) is 18.0 Å². The molecule has 0 aliphatic rings. The summed E-state index contributed by atoms with van der Waals surface area (Å²) in [7, 11) is 0. The van der Waals surface area contributed by atoms with Gasteiger partial charge in [0.15, 0.2) is 0 Å². The Kier molecular flexibility index (Phi) is 5.80. The van der Waals surface area contributed by atoms with Crippen LogP contribution in [0, 0.1) is 0 Å². The van der Waals surface area contributed by atoms with Gasteiger partial charge in [0.2, 0.25) is 11.1 Å². The second-order valence-corrected chi connectivity index (χ2v) is 7.83. The number of tetrazole rings is 1. The zero-order valence-corrected chi connectivity index (χ0v) is 15.6. The van der Waals surface area contributed by atoms with Crippen molar-refractivity contribution in [2.45, 2.75) is 30.1 Å². The number of hydrogen-bond donors (Lipinski definition) is 1. The van der Waals surface area contributed by atoms with Crippen LogP contribution < -0.4 is 5.32 Å². The Labute approximate surface area is 160 Å². The lowest BCUT2D eigenvalue weighted by Crippen LogP contribution is -2.24. The van der Waals surface area contributed by atoms with E-state index >= 15 is 0 Å². The summed E-state index contributed by atoms with van der Waals surface area (Å²) in [6.07, 6.45) is -4.55. The third-order valence-corrected chi connectivity index (χ3v) is 5.46. The molecule has 1 unspecified atom stereocenters. The number of carbonyl (C=O) groups is 1. The van der Waals surface area contributed by atoms with E-state index in [0.717, 1.165) is 22.7 Å². The summed E-state index contributed by atoms with van der Waals surface area (Å²) in [5.41, 5.74) is -1.17. The maximum atomic E-state index is 13.1. The van der Waals surface area contributed by atoms with E-state index in [1.165, 1.54) is 18.2 Å². The lowest BCUT2D eigenvalue weighted by atomic mass is 10.1. The maximum absolute atomic E-state index is 13.1. The van der Waals surface area contributed by atoms with Crippen LogP contribution in [0.1, 0.15) is 17.4 Å². The highest BCUT2D eigenvalue weighted by Crippen LogP contribution is 2.35. The molecule has 3 aromatic rings. The smallest absolute Gasteiger partial charge is 0.325 e. The van der Waals surface area contributed by atoms with Gasteiger partial charge in [0.25, 0.3) is 0 Å². The molecule has 1 atom stereocenters. The number of alkyl halides is 3. The second-order valence-electron chi connectivity index (χ2n) is 5.49. The summed E-state index contributed by atoms with van der Waals surface area (Å²) in [5, 5.41) is 15.4. The first-order valence-corrected chi connectivity index (χ1v) is 9.53. The molecule has 3 rings (SSSR count). The fourth-order valence-corrected chi connectivity index (χ4v) is 3.69. The van der Waals surface area contributed by atoms with Crippen LogP contribution in [-0.4, -0.2) is 31.4 Å². The zero-order chi connectivity index (χ0) is 19.4. The number of anilines is 1. The summed E-state index contributed by atoms with van der Waals surface area (Å²) in [5.74, 6) is -0.567. The van der Waals surface area contributed by atoms with Crippen molar-refractivity contribution in [1.29, 1.82) is 0 Å². The Bertz CT molecular complexity index is 911. The number of carbonyl (C=O) groups excluding carboxylic acids is 1. The fourth-order valence-electron chi connectivity index (χ4n) is 2.22. The van der Waals surface area contributed by atoms with Gasteiger partial charge in [-0.1, -0.05) is 30.0 Å². The molecule has 0 aliphatic heterocycles. The van der Waals surface area contributed by atoms with Crippen LogP contribution in [0.4, 0.5) is 18.9 Å². The molecule has 0 bridgehead atoms. The third-order valence-electron chi connectivity index (χ3n) is 3.53. The number of nitrogens with zero attached hydrogens (tertiary/aromatic N) is 4. The van der Waals surface area contributed by atoms with Crippen molar-refractivity contribution < 1.29 is 18.0 Å². The zero-order valence-electron chi connectivity index (χ0n) is 14.0. The van der Waals surface area contributed by atoms with Crippen LogP contribution in [0.25, 0.3) is 0 Å². The van der Waals surface area contributed by atoms with Crippen LogP contribution in [0.5, 0.6) is 0 Å². The lowest BCUT2D eigenvalue weighted by molar-refractivity contribution is -0.137. The van der Waals surface area contributed by atoms with Gasteiger partial charge in [-0.2, -0.15) is 13.2 Å². The van der Waals surface area contributed by atoms with Gasteiger partial charge < -0.3 is 5.32 Å². The van der Waals surface area contributed by atoms with Crippen LogP contribution >= 0.6 is 23.1 Å². The maximum Gasteiger partial charge on any atom is 0.418 e. The number of hydrogen-bond acceptors (Lipinski definition) is 6. The first-order chi connectivity index (χ1) is 12.8. The Morgan fingerprint density at radius 2 is 2.07 bits per heavy atom. The Morgan fingerprint density at radius 3 is 2.78 bits per heavy atom. The Hall–Kier alpha value is -2.40. The first-order valence-electron chi connectivity index (χ1n) is 7.77. The minimum absolute atomic E-state index is 0.277. The van der Waals surface area contributed by atoms with E-state index in [-0.39, 0.29) is 5.69 Å². The van der Waals surface area contributed by atoms with Crippen LogP contribution in [0.2, 0.25) is 0 Å². The average Bonchev–Trinajstić information content (AvgIpc) is 3.27. The van der Waals surface area contributed by atoms with Crippen molar-refractivity contribution in [1.82, 2.24) is 20.2 Å². The minimum Gasteiger partial charge on any atom is -0.325 e. The Balaban J connectivity index is 1.68. The summed E-state index contributed by atoms with van der Waals surface area (Å²) in [6.45, 7) is 2.04. The van der Waals surface area contributed by atoms with E-state index in [2.05, 4.69) is 20.8 Å². The van der Waals surface area contributed by atoms with Gasteiger partial charge in [-0.25, -0.2) is 4.68 Å². The molecule has 11 heteroatoms. The van der Waals surface area contributed by atoms with E-state index < -0.39 is 22.9 Å². The number of para-hydroxylation sites is 1. The Morgan fingerprint density at radius 1 is 1.30 bits per heavy atom. The second kappa shape index (κ2) is 8.09. The van der Waals surface area contributed by atoms with E-state index in [4.69, 9.17) is 0 Å². The van der Waals surface area contributed by atoms with Gasteiger partial charge in [0.05, 0.1) is 23.0 Å². The van der Waals surface area contributed by atoms with Gasteiger partial charge in [-0.05, 0) is 40.9 Å². The van der Waals surface area contributed by atoms with Crippen molar-refractivity contribution in [3.05, 3.63) is 52.2 Å². The van der Waals surface area contributed by atoms with Gasteiger partial charge in [0.1, 0.15) is 0 Å². The molecule has 0 fully saturated rings.